The zero-order valence-corrected chi connectivity index (χ0v) is 37.3. The highest BCUT2D eigenvalue weighted by molar-refractivity contribution is 6.41. The van der Waals surface area contributed by atoms with Crippen molar-refractivity contribution in [3.63, 3.8) is 0 Å². The highest BCUT2D eigenvalue weighted by Gasteiger charge is 2.42. The number of tetrazole rings is 1. The van der Waals surface area contributed by atoms with Crippen molar-refractivity contribution in [1.82, 2.24) is 35.0 Å². The molecule has 2 fully saturated rings. The molecule has 3 aromatic carbocycles. The predicted molar refractivity (Wildman–Crippen MR) is 238 cm³/mol. The van der Waals surface area contributed by atoms with Gasteiger partial charge < -0.3 is 45.4 Å². The van der Waals surface area contributed by atoms with Gasteiger partial charge in [-0.3, -0.25) is 14.4 Å². The maximum absolute atomic E-state index is 14.9. The first kappa shape index (κ1) is 46.1. The number of hydrogen-bond acceptors (Lipinski definition) is 11. The number of hydrogen-bond donors (Lipinski definition) is 5. The average Bonchev–Trinajstić information content (AvgIpc) is 3.91. The maximum atomic E-state index is 14.9. The number of piperazine rings is 1. The number of amides is 5. The maximum Gasteiger partial charge on any atom is 0.416 e. The Hall–Kier alpha value is -6.90. The zero-order chi connectivity index (χ0) is 47.0. The molecule has 2 aliphatic heterocycles. The summed E-state index contributed by atoms with van der Waals surface area (Å²) >= 11 is 6.37. The number of carboxylic acids is 1. The summed E-state index contributed by atoms with van der Waals surface area (Å²) in [5.41, 5.74) is 0.667. The number of carbonyl (C=O) groups is 6. The van der Waals surface area contributed by atoms with E-state index in [0.29, 0.717) is 47.7 Å². The number of benzene rings is 3. The monoisotopic (exact) mass is 912 g/mol. The Labute approximate surface area is 377 Å². The van der Waals surface area contributed by atoms with Crippen LogP contribution in [0.15, 0.2) is 60.9 Å². The van der Waals surface area contributed by atoms with Gasteiger partial charge in [0.15, 0.2) is 0 Å². The quantitative estimate of drug-likeness (QED) is 0.109. The minimum absolute atomic E-state index is 0.0470. The van der Waals surface area contributed by atoms with E-state index in [4.69, 9.17) is 21.1 Å². The Morgan fingerprint density at radius 3 is 2.22 bits per heavy atom. The number of carboxylic acid groups (broad SMARTS) is 2. The van der Waals surface area contributed by atoms with Gasteiger partial charge >= 0.3 is 29.9 Å². The molecule has 0 bridgehead atoms. The Kier molecular flexibility index (Phi) is 13.0. The minimum Gasteiger partial charge on any atom is -0.477 e. The summed E-state index contributed by atoms with van der Waals surface area (Å²) in [6, 6.07) is 12.6. The molecule has 0 spiro atoms. The molecule has 20 nitrogen and oxygen atoms in total. The first-order valence-electron chi connectivity index (χ1n) is 20.7. The highest BCUT2D eigenvalue weighted by atomic mass is 35.5. The van der Waals surface area contributed by atoms with Crippen LogP contribution in [0.25, 0.3) is 16.6 Å². The van der Waals surface area contributed by atoms with E-state index >= 15 is 0 Å². The molecule has 2 atom stereocenters. The largest absolute Gasteiger partial charge is 0.477 e. The molecule has 5 amide bonds. The SMILES string of the molecule is CC(C)(C)c1c(NC(=O)C(Cc2ccc(NC(=O)NCC3COCCO3)cc2)N2CCN(c3cc(Cl)ccc3-n3cnnn3)C(=O)C2=O)ccc2c1c(C(C)(C)C)c(C(=O)O)n2C(=O)O. The van der Waals surface area contributed by atoms with Gasteiger partial charge in [0, 0.05) is 47.8 Å². The lowest BCUT2D eigenvalue weighted by Crippen LogP contribution is -2.60. The number of nitrogens with one attached hydrogen (secondary N) is 3. The number of rotatable bonds is 11. The molecule has 2 aliphatic rings. The van der Waals surface area contributed by atoms with E-state index in [0.717, 1.165) is 4.57 Å². The molecule has 21 heteroatoms. The molecule has 0 aliphatic carbocycles. The fourth-order valence-corrected chi connectivity index (χ4v) is 8.46. The van der Waals surface area contributed by atoms with Crippen LogP contribution in [0, 0.1) is 0 Å². The van der Waals surface area contributed by atoms with E-state index in [1.807, 2.05) is 20.8 Å². The summed E-state index contributed by atoms with van der Waals surface area (Å²) in [6.07, 6.45) is -0.514. The smallest absolute Gasteiger partial charge is 0.416 e. The standard InChI is InChI=1S/C44H49ClN10O10/c1-43(2,3)34-28(12-14-30-33(34)35(44(4,5)6)36(40(59)60)55(30)42(62)63)49-37(56)32(19-24-7-10-26(11-8-24)48-41(61)46-21-27-22-64-17-18-65-27)53-16-15-52(38(57)39(53)58)31-20-25(45)9-13-29(31)54-23-47-50-51-54/h7-14,20,23,27,32H,15-19,21-22H2,1-6H3,(H,49,56)(H,59,60)(H,62,63)(H2,46,48,61). The summed E-state index contributed by atoms with van der Waals surface area (Å²) in [4.78, 5) is 84.0. The Balaban J connectivity index is 1.24. The first-order valence-corrected chi connectivity index (χ1v) is 21.1. The number of fused-ring (bicyclic) bond motifs is 1. The second-order valence-electron chi connectivity index (χ2n) is 17.7. The lowest BCUT2D eigenvalue weighted by atomic mass is 9.77. The minimum atomic E-state index is -1.49. The molecule has 2 aromatic heterocycles. The number of aromatic carboxylic acids is 1. The zero-order valence-electron chi connectivity index (χ0n) is 36.5. The predicted octanol–water partition coefficient (Wildman–Crippen LogP) is 5.05. The third kappa shape index (κ3) is 9.64. The van der Waals surface area contributed by atoms with Gasteiger partial charge in [-0.1, -0.05) is 65.3 Å². The summed E-state index contributed by atoms with van der Waals surface area (Å²) < 4.78 is 13.0. The number of anilines is 3. The van der Waals surface area contributed by atoms with Crippen LogP contribution >= 0.6 is 11.6 Å². The van der Waals surface area contributed by atoms with Crippen molar-refractivity contribution < 1.29 is 48.5 Å². The van der Waals surface area contributed by atoms with Crippen LogP contribution in [-0.4, -0.2) is 127 Å². The van der Waals surface area contributed by atoms with Crippen molar-refractivity contribution in [1.29, 1.82) is 0 Å². The fraction of sp³-hybridized carbons (Fsp3) is 0.386. The van der Waals surface area contributed by atoms with Crippen molar-refractivity contribution >= 4 is 75.4 Å². The average molecular weight is 913 g/mol. The van der Waals surface area contributed by atoms with Crippen molar-refractivity contribution in [2.75, 3.05) is 55.0 Å². The van der Waals surface area contributed by atoms with Gasteiger partial charge in [-0.15, -0.1) is 5.10 Å². The van der Waals surface area contributed by atoms with Gasteiger partial charge in [0.2, 0.25) is 5.91 Å². The molecule has 2 saturated heterocycles. The molecular formula is C44H49ClN10O10. The highest BCUT2D eigenvalue weighted by Crippen LogP contribution is 2.44. The van der Waals surface area contributed by atoms with Crippen LogP contribution < -0.4 is 20.9 Å². The van der Waals surface area contributed by atoms with Crippen molar-refractivity contribution in [2.24, 2.45) is 0 Å². The number of aromatic nitrogens is 5. The number of halogens is 1. The third-order valence-corrected chi connectivity index (χ3v) is 11.3. The van der Waals surface area contributed by atoms with Crippen LogP contribution in [-0.2, 0) is 41.1 Å². The third-order valence-electron chi connectivity index (χ3n) is 11.1. The Bertz CT molecular complexity index is 2670. The van der Waals surface area contributed by atoms with Gasteiger partial charge in [0.25, 0.3) is 0 Å². The van der Waals surface area contributed by atoms with Crippen LogP contribution in [0.5, 0.6) is 0 Å². The van der Waals surface area contributed by atoms with Crippen molar-refractivity contribution in [2.45, 2.75) is 70.9 Å². The molecule has 65 heavy (non-hydrogen) atoms. The number of urea groups is 1. The number of nitrogens with zero attached hydrogens (tertiary/aromatic N) is 7. The van der Waals surface area contributed by atoms with Gasteiger partial charge in [0.1, 0.15) is 18.1 Å². The van der Waals surface area contributed by atoms with E-state index in [9.17, 15) is 39.0 Å². The fourth-order valence-electron chi connectivity index (χ4n) is 8.30. The first-order chi connectivity index (χ1) is 30.7. The van der Waals surface area contributed by atoms with Crippen LogP contribution in [0.4, 0.5) is 26.7 Å². The van der Waals surface area contributed by atoms with E-state index in [1.54, 1.807) is 57.2 Å². The molecule has 342 valence electrons. The topological polar surface area (TPSA) is 252 Å². The van der Waals surface area contributed by atoms with E-state index < -0.39 is 58.4 Å². The lowest BCUT2D eigenvalue weighted by molar-refractivity contribution is -0.149. The molecule has 4 heterocycles. The summed E-state index contributed by atoms with van der Waals surface area (Å²) in [6.45, 7) is 12.3. The summed E-state index contributed by atoms with van der Waals surface area (Å²) in [5.74, 6) is -4.03. The molecule has 2 unspecified atom stereocenters. The molecule has 0 radical (unpaired) electrons. The van der Waals surface area contributed by atoms with Gasteiger partial charge in [-0.25, -0.2) is 19.0 Å². The molecule has 7 rings (SSSR count). The summed E-state index contributed by atoms with van der Waals surface area (Å²) in [5, 5.41) is 41.2. The van der Waals surface area contributed by atoms with Gasteiger partial charge in [0.05, 0.1) is 42.8 Å². The Morgan fingerprint density at radius 2 is 1.60 bits per heavy atom. The number of carbonyl (C=O) groups excluding carboxylic acids is 4. The van der Waals surface area contributed by atoms with E-state index in [1.165, 1.54) is 39.0 Å². The number of ether oxygens (including phenoxy) is 2. The van der Waals surface area contributed by atoms with E-state index in [2.05, 4.69) is 31.5 Å². The van der Waals surface area contributed by atoms with Crippen LogP contribution in [0.3, 0.4) is 0 Å². The van der Waals surface area contributed by atoms with Gasteiger partial charge in [-0.05, 0) is 80.4 Å². The van der Waals surface area contributed by atoms with Crippen molar-refractivity contribution in [3.05, 3.63) is 88.3 Å². The molecular weight excluding hydrogens is 864 g/mol. The van der Waals surface area contributed by atoms with Crippen LogP contribution in [0.1, 0.15) is 68.7 Å². The molecule has 5 aromatic rings. The second-order valence-corrected chi connectivity index (χ2v) is 18.1. The molecule has 0 saturated carbocycles. The van der Waals surface area contributed by atoms with E-state index in [-0.39, 0.29) is 59.6 Å². The molecule has 5 N–H and O–H groups in total. The lowest BCUT2D eigenvalue weighted by Gasteiger charge is -2.38. The summed E-state index contributed by atoms with van der Waals surface area (Å²) in [7, 11) is 0. The Morgan fingerprint density at radius 1 is 0.877 bits per heavy atom. The van der Waals surface area contributed by atoms with Gasteiger partial charge in [-0.2, -0.15) is 4.68 Å². The van der Waals surface area contributed by atoms with Crippen LogP contribution in [0.2, 0.25) is 5.02 Å². The second kappa shape index (κ2) is 18.3. The van der Waals surface area contributed by atoms with Crippen molar-refractivity contribution in [3.8, 4) is 5.69 Å². The normalized spacial score (nSPS) is 16.4.